The third-order valence-corrected chi connectivity index (χ3v) is 5.11. The van der Waals surface area contributed by atoms with Crippen LogP contribution in [0, 0.1) is 17.8 Å². The van der Waals surface area contributed by atoms with E-state index in [4.69, 9.17) is 0 Å². The predicted octanol–water partition coefficient (Wildman–Crippen LogP) is 0.704. The average molecular weight is 274 g/mol. The summed E-state index contributed by atoms with van der Waals surface area (Å²) in [4.78, 5) is 0. The molecule has 0 bridgehead atoms. The van der Waals surface area contributed by atoms with Crippen molar-refractivity contribution in [3.05, 3.63) is 22.3 Å². The van der Waals surface area contributed by atoms with Gasteiger partial charge in [-0.15, -0.1) is 0 Å². The minimum Gasteiger partial charge on any atom is -0.848 e. The Morgan fingerprint density at radius 2 is 1.44 bits per heavy atom. The maximum Gasteiger partial charge on any atom is 1.00 e. The van der Waals surface area contributed by atoms with E-state index < -0.39 is 6.10 Å². The van der Waals surface area contributed by atoms with E-state index in [9.17, 15) is 5.11 Å². The van der Waals surface area contributed by atoms with Crippen LogP contribution < -0.4 is 56.5 Å². The van der Waals surface area contributed by atoms with Gasteiger partial charge < -0.3 is 5.11 Å². The first-order chi connectivity index (χ1) is 7.82. The van der Waals surface area contributed by atoms with Crippen molar-refractivity contribution in [1.29, 1.82) is 0 Å². The van der Waals surface area contributed by atoms with Gasteiger partial charge in [-0.1, -0.05) is 50.0 Å². The second-order valence-corrected chi connectivity index (χ2v) is 5.81. The Labute approximate surface area is 156 Å². The van der Waals surface area contributed by atoms with Crippen LogP contribution in [0.1, 0.15) is 54.9 Å². The van der Waals surface area contributed by atoms with E-state index in [1.54, 1.807) is 0 Å². The fourth-order valence-corrected chi connectivity index (χ4v) is 2.95. The van der Waals surface area contributed by atoms with Gasteiger partial charge in [0.1, 0.15) is 0 Å². The second kappa shape index (κ2) is 7.75. The van der Waals surface area contributed by atoms with Crippen LogP contribution in [0.2, 0.25) is 0 Å². The number of hydrogen-bond acceptors (Lipinski definition) is 1. The van der Waals surface area contributed by atoms with Crippen LogP contribution in [0.3, 0.4) is 0 Å². The Morgan fingerprint density at radius 3 is 1.89 bits per heavy atom. The minimum absolute atomic E-state index is 0. The monoisotopic (exact) mass is 274 g/mol. The summed E-state index contributed by atoms with van der Waals surface area (Å²) < 4.78 is 0. The van der Waals surface area contributed by atoms with Gasteiger partial charge in [0, 0.05) is 0 Å². The van der Waals surface area contributed by atoms with Crippen LogP contribution in [0.4, 0.5) is 0 Å². The SMILES string of the molecule is CCC(C)C(C)C1C(C)=C(C)C(C)=C(C)C1[O-].[K+]. The molecule has 0 spiro atoms. The standard InChI is InChI=1S/C16H27O.K/c1-8-9(2)10(3)15-13(6)11(4)12(5)14(7)16(15)17;/h9-10,15-16H,8H2,1-7H3;/q-1;+1. The number of allylic oxidation sites excluding steroid dienone is 2. The summed E-state index contributed by atoms with van der Waals surface area (Å²) in [5.41, 5.74) is 4.93. The summed E-state index contributed by atoms with van der Waals surface area (Å²) >= 11 is 0. The Morgan fingerprint density at radius 1 is 1.00 bits per heavy atom. The Bertz CT molecular complexity index is 354. The summed E-state index contributed by atoms with van der Waals surface area (Å²) in [7, 11) is 0. The van der Waals surface area contributed by atoms with Crippen molar-refractivity contribution in [2.45, 2.75) is 61.0 Å². The van der Waals surface area contributed by atoms with Crippen LogP contribution in [0.15, 0.2) is 22.3 Å². The molecule has 0 aromatic heterocycles. The van der Waals surface area contributed by atoms with Crippen molar-refractivity contribution in [2.24, 2.45) is 17.8 Å². The molecule has 0 saturated carbocycles. The summed E-state index contributed by atoms with van der Waals surface area (Å²) in [5.74, 6) is 1.28. The van der Waals surface area contributed by atoms with Gasteiger partial charge in [0.15, 0.2) is 0 Å². The quantitative estimate of drug-likeness (QED) is 0.695. The molecule has 4 atom stereocenters. The number of rotatable bonds is 3. The van der Waals surface area contributed by atoms with Crippen molar-refractivity contribution in [2.75, 3.05) is 0 Å². The van der Waals surface area contributed by atoms with E-state index in [0.717, 1.165) is 12.0 Å². The molecule has 0 aromatic carbocycles. The molecule has 0 aliphatic heterocycles. The van der Waals surface area contributed by atoms with Crippen LogP contribution in [0.5, 0.6) is 0 Å². The van der Waals surface area contributed by atoms with Crippen molar-refractivity contribution in [3.63, 3.8) is 0 Å². The van der Waals surface area contributed by atoms with Gasteiger partial charge >= 0.3 is 51.4 Å². The van der Waals surface area contributed by atoms with E-state index in [-0.39, 0.29) is 57.3 Å². The molecule has 1 nitrogen and oxygen atoms in total. The van der Waals surface area contributed by atoms with Gasteiger partial charge in [-0.2, -0.15) is 0 Å². The zero-order chi connectivity index (χ0) is 13.3. The van der Waals surface area contributed by atoms with Crippen molar-refractivity contribution in [1.82, 2.24) is 0 Å². The molecular weight excluding hydrogens is 247 g/mol. The molecule has 1 aliphatic carbocycles. The van der Waals surface area contributed by atoms with Crippen LogP contribution in [-0.4, -0.2) is 6.10 Å². The molecule has 0 fully saturated rings. The van der Waals surface area contributed by atoms with E-state index in [1.165, 1.54) is 16.7 Å². The molecule has 0 N–H and O–H groups in total. The zero-order valence-electron chi connectivity index (χ0n) is 13.4. The molecule has 98 valence electrons. The fraction of sp³-hybridized carbons (Fsp3) is 0.750. The molecule has 1 rings (SSSR count). The molecule has 0 saturated heterocycles. The summed E-state index contributed by atoms with van der Waals surface area (Å²) in [6.45, 7) is 15.1. The second-order valence-electron chi connectivity index (χ2n) is 5.81. The van der Waals surface area contributed by atoms with Crippen LogP contribution in [0.25, 0.3) is 0 Å². The first-order valence-electron chi connectivity index (χ1n) is 6.83. The van der Waals surface area contributed by atoms with E-state index in [2.05, 4.69) is 41.5 Å². The third kappa shape index (κ3) is 3.59. The summed E-state index contributed by atoms with van der Waals surface area (Å²) in [6, 6.07) is 0. The van der Waals surface area contributed by atoms with Gasteiger partial charge in [-0.25, -0.2) is 0 Å². The Balaban J connectivity index is 0.00000289. The molecule has 2 heteroatoms. The van der Waals surface area contributed by atoms with Crippen LogP contribution >= 0.6 is 0 Å². The first-order valence-corrected chi connectivity index (χ1v) is 6.83. The fourth-order valence-electron chi connectivity index (χ4n) is 2.95. The van der Waals surface area contributed by atoms with Gasteiger partial charge in [0.2, 0.25) is 0 Å². The Hall–Kier alpha value is 1.08. The van der Waals surface area contributed by atoms with E-state index in [1.807, 2.05) is 6.92 Å². The van der Waals surface area contributed by atoms with E-state index >= 15 is 0 Å². The topological polar surface area (TPSA) is 23.1 Å². The normalized spacial score (nSPS) is 28.0. The largest absolute Gasteiger partial charge is 1.00 e. The van der Waals surface area contributed by atoms with E-state index in [0.29, 0.717) is 11.8 Å². The summed E-state index contributed by atoms with van der Waals surface area (Å²) in [6.07, 6.45) is 0.612. The number of hydrogen-bond donors (Lipinski definition) is 0. The van der Waals surface area contributed by atoms with Gasteiger partial charge in [0.05, 0.1) is 0 Å². The average Bonchev–Trinajstić information content (AvgIpc) is 2.32. The van der Waals surface area contributed by atoms with Gasteiger partial charge in [-0.3, -0.25) is 0 Å². The van der Waals surface area contributed by atoms with Gasteiger partial charge in [-0.05, 0) is 51.0 Å². The van der Waals surface area contributed by atoms with Crippen molar-refractivity contribution >= 4 is 0 Å². The molecule has 4 unspecified atom stereocenters. The maximum absolute atomic E-state index is 12.5. The smallest absolute Gasteiger partial charge is 0.848 e. The maximum atomic E-state index is 12.5. The van der Waals surface area contributed by atoms with Gasteiger partial charge in [0.25, 0.3) is 0 Å². The molecule has 0 aromatic rings. The molecule has 18 heavy (non-hydrogen) atoms. The first kappa shape index (κ1) is 19.1. The van der Waals surface area contributed by atoms with Crippen molar-refractivity contribution in [3.8, 4) is 0 Å². The molecule has 0 radical (unpaired) electrons. The van der Waals surface area contributed by atoms with Crippen LogP contribution in [-0.2, 0) is 0 Å². The summed E-state index contributed by atoms with van der Waals surface area (Å²) in [5, 5.41) is 12.5. The Kier molecular flexibility index (Phi) is 8.22. The predicted molar refractivity (Wildman–Crippen MR) is 72.6 cm³/mol. The van der Waals surface area contributed by atoms with Crippen molar-refractivity contribution < 1.29 is 56.5 Å². The zero-order valence-corrected chi connectivity index (χ0v) is 16.5. The molecule has 0 amide bonds. The minimum atomic E-state index is -0.539. The molecule has 1 aliphatic rings. The molecule has 0 heterocycles. The molecular formula is C16H27KO. The third-order valence-electron chi connectivity index (χ3n) is 5.11.